The van der Waals surface area contributed by atoms with Crippen molar-refractivity contribution in [1.82, 2.24) is 14.7 Å². The molecule has 206 valence electrons. The Balaban J connectivity index is 1.44. The van der Waals surface area contributed by atoms with Crippen LogP contribution >= 0.6 is 0 Å². The summed E-state index contributed by atoms with van der Waals surface area (Å²) in [5, 5.41) is 0. The molecule has 3 aliphatic rings. The van der Waals surface area contributed by atoms with Crippen LogP contribution in [0.4, 0.5) is 8.78 Å². The lowest BCUT2D eigenvalue weighted by molar-refractivity contribution is -0.146. The van der Waals surface area contributed by atoms with Gasteiger partial charge in [0.05, 0.1) is 12.0 Å². The van der Waals surface area contributed by atoms with Gasteiger partial charge in [0.25, 0.3) is 0 Å². The van der Waals surface area contributed by atoms with Crippen LogP contribution in [0.1, 0.15) is 77.7 Å². The van der Waals surface area contributed by atoms with Gasteiger partial charge in [-0.1, -0.05) is 38.2 Å². The second-order valence-electron chi connectivity index (χ2n) is 12.5. The molecule has 0 unspecified atom stereocenters. The molecule has 4 rings (SSSR count). The van der Waals surface area contributed by atoms with Gasteiger partial charge in [-0.25, -0.2) is 8.78 Å². The Hall–Kier alpha value is -2.06. The van der Waals surface area contributed by atoms with E-state index in [2.05, 4.69) is 25.7 Å². The lowest BCUT2D eigenvalue weighted by Crippen LogP contribution is -2.59. The number of hydrogen-bond acceptors (Lipinski definition) is 4. The van der Waals surface area contributed by atoms with E-state index >= 15 is 0 Å². The number of likely N-dealkylation sites (tertiary alicyclic amines) is 1. The third kappa shape index (κ3) is 6.33. The predicted octanol–water partition coefficient (Wildman–Crippen LogP) is 4.14. The number of benzene rings is 1. The van der Waals surface area contributed by atoms with E-state index in [-0.39, 0.29) is 29.3 Å². The van der Waals surface area contributed by atoms with Gasteiger partial charge in [-0.15, -0.1) is 0 Å². The smallest absolute Gasteiger partial charge is 0.239 e. The van der Waals surface area contributed by atoms with Gasteiger partial charge in [-0.2, -0.15) is 0 Å². The zero-order chi connectivity index (χ0) is 26.9. The second-order valence-corrected chi connectivity index (χ2v) is 12.5. The molecule has 2 N–H and O–H groups in total. The molecule has 37 heavy (non-hydrogen) atoms. The standard InChI is InChI=1S/C29H44F2N4O2/c1-19-16-33(28(37)26(32)14-20-8-6-5-7-9-20)12-13-35(19)27(36)24-18-34(29(2,3)4)17-23(24)22-11-10-21(30)15-25(22)31/h10-11,15,19-20,23-24,26H,5-9,12-14,16-18,32H2,1-4H3/t19-,23-,24+,26-/m0/s1. The Bertz CT molecular complexity index is 975. The van der Waals surface area contributed by atoms with Crippen molar-refractivity contribution in [3.63, 3.8) is 0 Å². The number of hydrogen-bond donors (Lipinski definition) is 1. The van der Waals surface area contributed by atoms with Crippen LogP contribution < -0.4 is 5.73 Å². The van der Waals surface area contributed by atoms with Crippen LogP contribution in [-0.4, -0.2) is 76.9 Å². The Labute approximate surface area is 220 Å². The fraction of sp³-hybridized carbons (Fsp3) is 0.724. The lowest BCUT2D eigenvalue weighted by atomic mass is 9.84. The number of carbonyl (C=O) groups is 2. The molecule has 1 aromatic rings. The summed E-state index contributed by atoms with van der Waals surface area (Å²) in [6.07, 6.45) is 6.77. The van der Waals surface area contributed by atoms with Gasteiger partial charge in [0.15, 0.2) is 0 Å². The number of nitrogens with zero attached hydrogens (tertiary/aromatic N) is 3. The van der Waals surface area contributed by atoms with Gasteiger partial charge in [-0.3, -0.25) is 14.5 Å². The van der Waals surface area contributed by atoms with Gasteiger partial charge >= 0.3 is 0 Å². The summed E-state index contributed by atoms with van der Waals surface area (Å²) in [6, 6.07) is 3.01. The molecule has 1 aromatic carbocycles. The number of amides is 2. The summed E-state index contributed by atoms with van der Waals surface area (Å²) in [5.41, 5.74) is 6.55. The van der Waals surface area contributed by atoms with Gasteiger partial charge in [-0.05, 0) is 51.7 Å². The average molecular weight is 519 g/mol. The minimum absolute atomic E-state index is 0.0180. The molecule has 0 aromatic heterocycles. The Kier molecular flexibility index (Phi) is 8.58. The molecule has 4 atom stereocenters. The summed E-state index contributed by atoms with van der Waals surface area (Å²) in [6.45, 7) is 10.6. The van der Waals surface area contributed by atoms with Crippen LogP contribution in [0.15, 0.2) is 18.2 Å². The molecule has 0 bridgehead atoms. The molecule has 8 heteroatoms. The summed E-state index contributed by atoms with van der Waals surface area (Å²) >= 11 is 0. The highest BCUT2D eigenvalue weighted by Crippen LogP contribution is 2.39. The van der Waals surface area contributed by atoms with E-state index in [0.717, 1.165) is 25.3 Å². The molecule has 2 aliphatic heterocycles. The molecule has 3 fully saturated rings. The number of nitrogens with two attached hydrogens (primary N) is 1. The highest BCUT2D eigenvalue weighted by atomic mass is 19.1. The fourth-order valence-electron chi connectivity index (χ4n) is 6.53. The maximum absolute atomic E-state index is 14.8. The van der Waals surface area contributed by atoms with Crippen LogP contribution in [-0.2, 0) is 9.59 Å². The van der Waals surface area contributed by atoms with E-state index in [1.165, 1.54) is 31.4 Å². The molecule has 2 heterocycles. The molecule has 2 amide bonds. The Morgan fingerprint density at radius 3 is 2.38 bits per heavy atom. The van der Waals surface area contributed by atoms with Crippen molar-refractivity contribution in [1.29, 1.82) is 0 Å². The van der Waals surface area contributed by atoms with Crippen LogP contribution in [0, 0.1) is 23.5 Å². The molecule has 2 saturated heterocycles. The van der Waals surface area contributed by atoms with Gasteiger partial charge in [0.1, 0.15) is 11.6 Å². The first kappa shape index (κ1) is 28.0. The maximum atomic E-state index is 14.8. The molecule has 1 aliphatic carbocycles. The third-order valence-electron chi connectivity index (χ3n) is 8.80. The molecular formula is C29H44F2N4O2. The monoisotopic (exact) mass is 518 g/mol. The third-order valence-corrected chi connectivity index (χ3v) is 8.80. The molecule has 1 saturated carbocycles. The normalized spacial score (nSPS) is 26.9. The first-order valence-electron chi connectivity index (χ1n) is 14.0. The molecule has 0 spiro atoms. The Morgan fingerprint density at radius 1 is 1.05 bits per heavy atom. The Morgan fingerprint density at radius 2 is 1.76 bits per heavy atom. The predicted molar refractivity (Wildman–Crippen MR) is 141 cm³/mol. The van der Waals surface area contributed by atoms with Crippen molar-refractivity contribution in [2.45, 2.75) is 89.8 Å². The van der Waals surface area contributed by atoms with E-state index in [1.54, 1.807) is 0 Å². The maximum Gasteiger partial charge on any atom is 0.239 e. The summed E-state index contributed by atoms with van der Waals surface area (Å²) in [7, 11) is 0. The van der Waals surface area contributed by atoms with E-state index in [4.69, 9.17) is 5.73 Å². The topological polar surface area (TPSA) is 69.9 Å². The van der Waals surface area contributed by atoms with Crippen molar-refractivity contribution >= 4 is 11.8 Å². The van der Waals surface area contributed by atoms with E-state index < -0.39 is 23.6 Å². The zero-order valence-electron chi connectivity index (χ0n) is 22.9. The van der Waals surface area contributed by atoms with Crippen LogP contribution in [0.25, 0.3) is 0 Å². The number of halogens is 2. The van der Waals surface area contributed by atoms with E-state index in [0.29, 0.717) is 44.2 Å². The summed E-state index contributed by atoms with van der Waals surface area (Å²) < 4.78 is 28.4. The largest absolute Gasteiger partial charge is 0.338 e. The van der Waals surface area contributed by atoms with Gasteiger partial charge in [0, 0.05) is 56.3 Å². The average Bonchev–Trinajstić information content (AvgIpc) is 3.29. The molecule has 6 nitrogen and oxygen atoms in total. The molecule has 0 radical (unpaired) electrons. The van der Waals surface area contributed by atoms with Crippen molar-refractivity contribution < 1.29 is 18.4 Å². The fourth-order valence-corrected chi connectivity index (χ4v) is 6.53. The minimum Gasteiger partial charge on any atom is -0.338 e. The second kappa shape index (κ2) is 11.4. The number of rotatable bonds is 5. The van der Waals surface area contributed by atoms with Crippen LogP contribution in [0.3, 0.4) is 0 Å². The van der Waals surface area contributed by atoms with Crippen LogP contribution in [0.5, 0.6) is 0 Å². The zero-order valence-corrected chi connectivity index (χ0v) is 22.9. The van der Waals surface area contributed by atoms with Crippen molar-refractivity contribution in [2.24, 2.45) is 17.6 Å². The quantitative estimate of drug-likeness (QED) is 0.636. The van der Waals surface area contributed by atoms with E-state index in [1.807, 2.05) is 16.7 Å². The van der Waals surface area contributed by atoms with Crippen molar-refractivity contribution in [3.05, 3.63) is 35.4 Å². The first-order valence-corrected chi connectivity index (χ1v) is 14.0. The summed E-state index contributed by atoms with van der Waals surface area (Å²) in [5.74, 6) is -1.52. The van der Waals surface area contributed by atoms with Gasteiger partial charge in [0.2, 0.25) is 11.8 Å². The van der Waals surface area contributed by atoms with Crippen molar-refractivity contribution in [3.8, 4) is 0 Å². The number of piperazine rings is 1. The van der Waals surface area contributed by atoms with Crippen molar-refractivity contribution in [2.75, 3.05) is 32.7 Å². The molecular weight excluding hydrogens is 474 g/mol. The van der Waals surface area contributed by atoms with Crippen LogP contribution in [0.2, 0.25) is 0 Å². The highest BCUT2D eigenvalue weighted by molar-refractivity contribution is 5.83. The highest BCUT2D eigenvalue weighted by Gasteiger charge is 2.46. The van der Waals surface area contributed by atoms with Gasteiger partial charge < -0.3 is 15.5 Å². The lowest BCUT2D eigenvalue weighted by Gasteiger charge is -2.42. The van der Waals surface area contributed by atoms with E-state index in [9.17, 15) is 18.4 Å². The summed E-state index contributed by atoms with van der Waals surface area (Å²) in [4.78, 5) is 32.9. The SMILES string of the molecule is C[C@H]1CN(C(=O)[C@@H](N)CC2CCCCC2)CCN1C(=O)[C@@H]1CN(C(C)(C)C)C[C@H]1c1ccc(F)cc1F. The minimum atomic E-state index is -0.620. The number of carbonyl (C=O) groups excluding carboxylic acids is 2. The first-order chi connectivity index (χ1) is 17.5.